The molecule has 0 bridgehead atoms. The van der Waals surface area contributed by atoms with Crippen LogP contribution < -0.4 is 20.3 Å². The minimum atomic E-state index is -0.0433. The maximum Gasteiger partial charge on any atom is 0.277 e. The highest BCUT2D eigenvalue weighted by Gasteiger charge is 2.19. The van der Waals surface area contributed by atoms with Gasteiger partial charge in [0.05, 0.1) is 32.1 Å². The first-order valence-corrected chi connectivity index (χ1v) is 8.15. The number of anilines is 1. The van der Waals surface area contributed by atoms with Gasteiger partial charge >= 0.3 is 0 Å². The van der Waals surface area contributed by atoms with E-state index >= 15 is 0 Å². The van der Waals surface area contributed by atoms with E-state index < -0.39 is 0 Å². The largest absolute Gasteiger partial charge is 0.497 e. The van der Waals surface area contributed by atoms with Gasteiger partial charge in [0, 0.05) is 11.6 Å². The van der Waals surface area contributed by atoms with E-state index in [2.05, 4.69) is 20.4 Å². The number of nitrogens with zero attached hydrogens (tertiary/aromatic N) is 3. The third-order valence-electron chi connectivity index (χ3n) is 4.42. The fourth-order valence-corrected chi connectivity index (χ4v) is 3.13. The first-order chi connectivity index (χ1) is 12.2. The molecule has 0 saturated heterocycles. The van der Waals surface area contributed by atoms with Crippen LogP contribution in [0.5, 0.6) is 11.5 Å². The zero-order chi connectivity index (χ0) is 17.4. The van der Waals surface area contributed by atoms with Crippen LogP contribution in [-0.2, 0) is 19.4 Å². The number of benzene rings is 1. The quantitative estimate of drug-likeness (QED) is 0.731. The van der Waals surface area contributed by atoms with Crippen molar-refractivity contribution in [3.8, 4) is 11.5 Å². The van der Waals surface area contributed by atoms with Gasteiger partial charge in [0.1, 0.15) is 17.3 Å². The Kier molecular flexibility index (Phi) is 3.79. The number of aromatic nitrogens is 4. The monoisotopic (exact) mass is 341 g/mol. The van der Waals surface area contributed by atoms with E-state index in [0.29, 0.717) is 23.9 Å². The maximum absolute atomic E-state index is 12.5. The molecule has 0 amide bonds. The van der Waals surface area contributed by atoms with E-state index in [9.17, 15) is 4.79 Å². The Hall–Kier alpha value is -3.03. The second-order valence-corrected chi connectivity index (χ2v) is 5.92. The molecule has 0 radical (unpaired) electrons. The molecule has 1 aromatic carbocycles. The average molecular weight is 341 g/mol. The van der Waals surface area contributed by atoms with Crippen LogP contribution in [0.1, 0.15) is 23.5 Å². The average Bonchev–Trinajstić information content (AvgIpc) is 3.27. The Balaban J connectivity index is 1.60. The molecule has 0 aliphatic heterocycles. The summed E-state index contributed by atoms with van der Waals surface area (Å²) in [6, 6.07) is 5.52. The van der Waals surface area contributed by atoms with Gasteiger partial charge in [0.2, 0.25) is 0 Å². The van der Waals surface area contributed by atoms with Crippen molar-refractivity contribution in [1.29, 1.82) is 0 Å². The van der Waals surface area contributed by atoms with Gasteiger partial charge in [-0.3, -0.25) is 9.89 Å². The minimum Gasteiger partial charge on any atom is -0.497 e. The summed E-state index contributed by atoms with van der Waals surface area (Å²) in [5.74, 6) is 2.44. The van der Waals surface area contributed by atoms with E-state index in [1.807, 2.05) is 12.1 Å². The summed E-state index contributed by atoms with van der Waals surface area (Å²) in [4.78, 5) is 21.4. The summed E-state index contributed by atoms with van der Waals surface area (Å²) in [5.41, 5.74) is 2.45. The van der Waals surface area contributed by atoms with E-state index in [1.54, 1.807) is 20.3 Å². The molecule has 130 valence electrons. The van der Waals surface area contributed by atoms with Crippen molar-refractivity contribution in [3.63, 3.8) is 0 Å². The van der Waals surface area contributed by atoms with Gasteiger partial charge in [0.15, 0.2) is 0 Å². The van der Waals surface area contributed by atoms with Gasteiger partial charge in [-0.05, 0) is 31.4 Å². The summed E-state index contributed by atoms with van der Waals surface area (Å²) in [7, 11) is 3.21. The first-order valence-electron chi connectivity index (χ1n) is 8.15. The third kappa shape index (κ3) is 2.69. The molecule has 2 heterocycles. The molecule has 0 fully saturated rings. The Morgan fingerprint density at radius 1 is 1.24 bits per heavy atom. The van der Waals surface area contributed by atoms with Crippen molar-refractivity contribution in [3.05, 3.63) is 45.6 Å². The molecular weight excluding hydrogens is 322 g/mol. The van der Waals surface area contributed by atoms with E-state index in [4.69, 9.17) is 9.47 Å². The minimum absolute atomic E-state index is 0.0433. The Morgan fingerprint density at radius 2 is 2.12 bits per heavy atom. The number of methoxy groups -OCH3 is 2. The lowest BCUT2D eigenvalue weighted by molar-refractivity contribution is 0.395. The lowest BCUT2D eigenvalue weighted by Crippen LogP contribution is -2.20. The number of rotatable bonds is 5. The molecule has 0 unspecified atom stereocenters. The molecule has 8 nitrogen and oxygen atoms in total. The highest BCUT2D eigenvalue weighted by Crippen LogP contribution is 2.29. The van der Waals surface area contributed by atoms with Crippen molar-refractivity contribution in [2.75, 3.05) is 19.5 Å². The molecule has 25 heavy (non-hydrogen) atoms. The van der Waals surface area contributed by atoms with Crippen LogP contribution in [0, 0.1) is 0 Å². The van der Waals surface area contributed by atoms with Crippen molar-refractivity contribution >= 4 is 11.5 Å². The van der Waals surface area contributed by atoms with E-state index in [-0.39, 0.29) is 5.56 Å². The second-order valence-electron chi connectivity index (χ2n) is 5.92. The van der Waals surface area contributed by atoms with Gasteiger partial charge in [-0.25, -0.2) is 4.98 Å². The molecule has 1 aliphatic rings. The number of H-pyrrole nitrogens is 1. The first kappa shape index (κ1) is 15.5. The fourth-order valence-electron chi connectivity index (χ4n) is 3.13. The zero-order valence-corrected chi connectivity index (χ0v) is 14.1. The summed E-state index contributed by atoms with van der Waals surface area (Å²) >= 11 is 0. The molecule has 2 aromatic heterocycles. The standard InChI is InChI=1S/C17H19N5O3/c1-24-10-6-7-13(14(8-10)25-2)18-9-15-20-17-19-12-5-3-4-11(12)16(23)22(17)21-15/h6-8,18H,3-5,9H2,1-2H3,(H,19,20,21). The number of nitrogens with one attached hydrogen (secondary N) is 2. The predicted molar refractivity (Wildman–Crippen MR) is 92.5 cm³/mol. The van der Waals surface area contributed by atoms with Crippen LogP contribution in [-0.4, -0.2) is 33.8 Å². The summed E-state index contributed by atoms with van der Waals surface area (Å²) in [6.07, 6.45) is 2.63. The summed E-state index contributed by atoms with van der Waals surface area (Å²) in [6.45, 7) is 0.413. The molecule has 0 saturated carbocycles. The van der Waals surface area contributed by atoms with Crippen LogP contribution in [0.4, 0.5) is 5.69 Å². The van der Waals surface area contributed by atoms with Gasteiger partial charge in [-0.15, -0.1) is 0 Å². The van der Waals surface area contributed by atoms with Gasteiger partial charge in [0.25, 0.3) is 11.3 Å². The van der Waals surface area contributed by atoms with Crippen LogP contribution in [0.2, 0.25) is 0 Å². The molecule has 4 rings (SSSR count). The van der Waals surface area contributed by atoms with Crippen molar-refractivity contribution in [1.82, 2.24) is 19.6 Å². The number of fused-ring (bicyclic) bond motifs is 2. The normalized spacial score (nSPS) is 13.0. The number of hydrogen-bond donors (Lipinski definition) is 2. The SMILES string of the molecule is COc1ccc(NCc2nc3nc4c(c(=O)n3[nH]2)CCC4)c(OC)c1. The summed E-state index contributed by atoms with van der Waals surface area (Å²) < 4.78 is 12.0. The zero-order valence-electron chi connectivity index (χ0n) is 14.1. The number of aromatic amines is 1. The number of ether oxygens (including phenoxy) is 2. The van der Waals surface area contributed by atoms with Gasteiger partial charge in [-0.1, -0.05) is 0 Å². The van der Waals surface area contributed by atoms with Crippen LogP contribution in [0.15, 0.2) is 23.0 Å². The smallest absolute Gasteiger partial charge is 0.277 e. The molecule has 2 N–H and O–H groups in total. The van der Waals surface area contributed by atoms with Crippen molar-refractivity contribution < 1.29 is 9.47 Å². The highest BCUT2D eigenvalue weighted by molar-refractivity contribution is 5.59. The van der Waals surface area contributed by atoms with E-state index in [1.165, 1.54) is 4.52 Å². The molecule has 0 atom stereocenters. The molecule has 1 aliphatic carbocycles. The highest BCUT2D eigenvalue weighted by atomic mass is 16.5. The summed E-state index contributed by atoms with van der Waals surface area (Å²) in [5, 5.41) is 6.28. The van der Waals surface area contributed by atoms with Crippen LogP contribution in [0.25, 0.3) is 5.78 Å². The lowest BCUT2D eigenvalue weighted by atomic mass is 10.2. The molecule has 0 spiro atoms. The van der Waals surface area contributed by atoms with Gasteiger partial charge < -0.3 is 14.8 Å². The van der Waals surface area contributed by atoms with Crippen molar-refractivity contribution in [2.45, 2.75) is 25.8 Å². The Labute approximate surface area is 143 Å². The molecule has 8 heteroatoms. The molecule has 3 aromatic rings. The van der Waals surface area contributed by atoms with Gasteiger partial charge in [-0.2, -0.15) is 9.50 Å². The van der Waals surface area contributed by atoms with Crippen LogP contribution in [0.3, 0.4) is 0 Å². The van der Waals surface area contributed by atoms with Crippen LogP contribution >= 0.6 is 0 Å². The number of hydrogen-bond acceptors (Lipinski definition) is 6. The topological polar surface area (TPSA) is 93.5 Å². The maximum atomic E-state index is 12.5. The molecular formula is C17H19N5O3. The number of aryl methyl sites for hydroxylation is 1. The predicted octanol–water partition coefficient (Wildman–Crippen LogP) is 1.54. The third-order valence-corrected chi connectivity index (χ3v) is 4.42. The Bertz CT molecular complexity index is 992. The van der Waals surface area contributed by atoms with Crippen molar-refractivity contribution in [2.24, 2.45) is 0 Å². The second kappa shape index (κ2) is 6.12. The fraction of sp³-hybridized carbons (Fsp3) is 0.353. The Morgan fingerprint density at radius 3 is 2.92 bits per heavy atom. The van der Waals surface area contributed by atoms with E-state index in [0.717, 1.165) is 42.0 Å². The lowest BCUT2D eigenvalue weighted by Gasteiger charge is -2.11.